The second kappa shape index (κ2) is 7.53. The van der Waals surface area contributed by atoms with Gasteiger partial charge in [-0.3, -0.25) is 0 Å². The fraction of sp³-hybridized carbons (Fsp3) is 1.00. The number of piperidine rings is 1. The van der Waals surface area contributed by atoms with Crippen LogP contribution in [-0.2, 0) is 0 Å². The quantitative estimate of drug-likeness (QED) is 0.486. The summed E-state index contributed by atoms with van der Waals surface area (Å²) in [4.78, 5) is 2.61. The van der Waals surface area contributed by atoms with Crippen molar-refractivity contribution >= 4 is 11.6 Å². The Morgan fingerprint density at radius 3 is 2.50 bits per heavy atom. The van der Waals surface area contributed by atoms with Crippen molar-refractivity contribution in [3.05, 3.63) is 0 Å². The molecule has 0 aromatic heterocycles. The number of likely N-dealkylation sites (tertiary alicyclic amines) is 1. The molecular formula is C12H24ClN. The van der Waals surface area contributed by atoms with Crippen LogP contribution in [0.15, 0.2) is 0 Å². The molecule has 1 saturated heterocycles. The van der Waals surface area contributed by atoms with Crippen molar-refractivity contribution in [1.82, 2.24) is 4.90 Å². The van der Waals surface area contributed by atoms with Crippen molar-refractivity contribution < 1.29 is 0 Å². The topological polar surface area (TPSA) is 3.24 Å². The Bertz CT molecular complexity index is 130. The summed E-state index contributed by atoms with van der Waals surface area (Å²) < 4.78 is 0. The molecule has 1 aliphatic rings. The predicted molar refractivity (Wildman–Crippen MR) is 64.0 cm³/mol. The summed E-state index contributed by atoms with van der Waals surface area (Å²) in [6, 6.07) is 0. The van der Waals surface area contributed by atoms with Gasteiger partial charge >= 0.3 is 0 Å². The molecule has 0 N–H and O–H groups in total. The Labute approximate surface area is 93.8 Å². The monoisotopic (exact) mass is 217 g/mol. The Morgan fingerprint density at radius 2 is 1.93 bits per heavy atom. The minimum Gasteiger partial charge on any atom is -0.303 e. The third-order valence-corrected chi connectivity index (χ3v) is 3.53. The van der Waals surface area contributed by atoms with Gasteiger partial charge in [-0.15, -0.1) is 11.6 Å². The largest absolute Gasteiger partial charge is 0.303 e. The molecule has 0 spiro atoms. The number of unbranched alkanes of at least 4 members (excludes halogenated alkanes) is 1. The van der Waals surface area contributed by atoms with E-state index in [-0.39, 0.29) is 0 Å². The number of halogens is 1. The number of rotatable bonds is 6. The first-order chi connectivity index (χ1) is 6.86. The van der Waals surface area contributed by atoms with Crippen LogP contribution in [0.5, 0.6) is 0 Å². The Balaban J connectivity index is 2.03. The van der Waals surface area contributed by atoms with Crippen LogP contribution in [0.1, 0.15) is 45.4 Å². The lowest BCUT2D eigenvalue weighted by atomic mass is 9.92. The first kappa shape index (κ1) is 12.3. The molecule has 1 fully saturated rings. The van der Waals surface area contributed by atoms with Gasteiger partial charge in [-0.05, 0) is 51.2 Å². The lowest BCUT2D eigenvalue weighted by molar-refractivity contribution is 0.177. The lowest BCUT2D eigenvalue weighted by Crippen LogP contribution is -2.34. The molecule has 1 rings (SSSR count). The van der Waals surface area contributed by atoms with Gasteiger partial charge in [-0.1, -0.05) is 19.8 Å². The SMILES string of the molecule is CCCC1CCN(CCCCCl)CC1. The zero-order chi connectivity index (χ0) is 10.2. The van der Waals surface area contributed by atoms with E-state index < -0.39 is 0 Å². The van der Waals surface area contributed by atoms with Gasteiger partial charge < -0.3 is 4.90 Å². The molecule has 0 aromatic rings. The molecule has 2 heteroatoms. The Morgan fingerprint density at radius 1 is 1.21 bits per heavy atom. The van der Waals surface area contributed by atoms with Gasteiger partial charge in [0.1, 0.15) is 0 Å². The molecule has 0 bridgehead atoms. The molecule has 0 amide bonds. The highest BCUT2D eigenvalue weighted by atomic mass is 35.5. The van der Waals surface area contributed by atoms with Gasteiger partial charge in [-0.2, -0.15) is 0 Å². The third-order valence-electron chi connectivity index (χ3n) is 3.26. The summed E-state index contributed by atoms with van der Waals surface area (Å²) >= 11 is 5.67. The smallest absolute Gasteiger partial charge is 0.0223 e. The van der Waals surface area contributed by atoms with Crippen LogP contribution in [-0.4, -0.2) is 30.4 Å². The number of hydrogen-bond donors (Lipinski definition) is 0. The van der Waals surface area contributed by atoms with Gasteiger partial charge in [-0.25, -0.2) is 0 Å². The second-order valence-electron chi connectivity index (χ2n) is 4.47. The van der Waals surface area contributed by atoms with Gasteiger partial charge in [0.25, 0.3) is 0 Å². The maximum absolute atomic E-state index is 5.67. The zero-order valence-electron chi connectivity index (χ0n) is 9.47. The average Bonchev–Trinajstić information content (AvgIpc) is 2.21. The van der Waals surface area contributed by atoms with Crippen molar-refractivity contribution in [3.63, 3.8) is 0 Å². The minimum atomic E-state index is 0.826. The van der Waals surface area contributed by atoms with Crippen molar-refractivity contribution in [2.75, 3.05) is 25.5 Å². The van der Waals surface area contributed by atoms with Gasteiger partial charge in [0.05, 0.1) is 0 Å². The molecule has 1 aliphatic heterocycles. The van der Waals surface area contributed by atoms with Crippen LogP contribution in [0.3, 0.4) is 0 Å². The summed E-state index contributed by atoms with van der Waals surface area (Å²) in [7, 11) is 0. The summed E-state index contributed by atoms with van der Waals surface area (Å²) in [5.41, 5.74) is 0. The number of hydrogen-bond acceptors (Lipinski definition) is 1. The summed E-state index contributed by atoms with van der Waals surface area (Å²) in [6.45, 7) is 6.22. The van der Waals surface area contributed by atoms with Crippen molar-refractivity contribution in [3.8, 4) is 0 Å². The maximum atomic E-state index is 5.67. The van der Waals surface area contributed by atoms with Crippen LogP contribution in [0.4, 0.5) is 0 Å². The zero-order valence-corrected chi connectivity index (χ0v) is 10.2. The van der Waals surface area contributed by atoms with Crippen LogP contribution in [0, 0.1) is 5.92 Å². The van der Waals surface area contributed by atoms with E-state index in [1.165, 1.54) is 58.2 Å². The van der Waals surface area contributed by atoms with E-state index in [2.05, 4.69) is 11.8 Å². The molecule has 1 nitrogen and oxygen atoms in total. The maximum Gasteiger partial charge on any atom is 0.0223 e. The van der Waals surface area contributed by atoms with E-state index in [0.29, 0.717) is 0 Å². The molecule has 0 atom stereocenters. The molecule has 14 heavy (non-hydrogen) atoms. The summed E-state index contributed by atoms with van der Waals surface area (Å²) in [5, 5.41) is 0. The predicted octanol–water partition coefficient (Wildman–Crippen LogP) is 3.52. The Kier molecular flexibility index (Phi) is 6.63. The molecule has 0 saturated carbocycles. The fourth-order valence-electron chi connectivity index (χ4n) is 2.34. The van der Waals surface area contributed by atoms with Crippen LogP contribution in [0.2, 0.25) is 0 Å². The number of alkyl halides is 1. The second-order valence-corrected chi connectivity index (χ2v) is 4.85. The van der Waals surface area contributed by atoms with Gasteiger partial charge in [0.15, 0.2) is 0 Å². The summed E-state index contributed by atoms with van der Waals surface area (Å²) in [6.07, 6.45) is 8.11. The van der Waals surface area contributed by atoms with E-state index >= 15 is 0 Å². The standard InChI is InChI=1S/C12H24ClN/c1-2-5-12-6-10-14(11-7-12)9-4-3-8-13/h12H,2-11H2,1H3. The lowest BCUT2D eigenvalue weighted by Gasteiger charge is -2.31. The van der Waals surface area contributed by atoms with Crippen molar-refractivity contribution in [2.45, 2.75) is 45.4 Å². The van der Waals surface area contributed by atoms with E-state index in [1.807, 2.05) is 0 Å². The first-order valence-corrected chi connectivity index (χ1v) is 6.68. The highest BCUT2D eigenvalue weighted by molar-refractivity contribution is 6.17. The molecule has 0 aliphatic carbocycles. The molecule has 1 heterocycles. The molecule has 84 valence electrons. The van der Waals surface area contributed by atoms with Crippen LogP contribution >= 0.6 is 11.6 Å². The van der Waals surface area contributed by atoms with Gasteiger partial charge in [0, 0.05) is 5.88 Å². The molecule has 0 aromatic carbocycles. The highest BCUT2D eigenvalue weighted by Gasteiger charge is 2.17. The van der Waals surface area contributed by atoms with Crippen LogP contribution in [0.25, 0.3) is 0 Å². The minimum absolute atomic E-state index is 0.826. The fourth-order valence-corrected chi connectivity index (χ4v) is 2.53. The van der Waals surface area contributed by atoms with E-state index in [1.54, 1.807) is 0 Å². The third kappa shape index (κ3) is 4.65. The molecule has 0 radical (unpaired) electrons. The van der Waals surface area contributed by atoms with E-state index in [9.17, 15) is 0 Å². The van der Waals surface area contributed by atoms with Crippen molar-refractivity contribution in [1.29, 1.82) is 0 Å². The van der Waals surface area contributed by atoms with E-state index in [0.717, 1.165) is 11.8 Å². The van der Waals surface area contributed by atoms with Crippen LogP contribution < -0.4 is 0 Å². The van der Waals surface area contributed by atoms with Crippen molar-refractivity contribution in [2.24, 2.45) is 5.92 Å². The average molecular weight is 218 g/mol. The molecule has 0 unspecified atom stereocenters. The Hall–Kier alpha value is 0.250. The van der Waals surface area contributed by atoms with Gasteiger partial charge in [0.2, 0.25) is 0 Å². The normalized spacial score (nSPS) is 20.1. The summed E-state index contributed by atoms with van der Waals surface area (Å²) in [5.74, 6) is 1.84. The number of nitrogens with zero attached hydrogens (tertiary/aromatic N) is 1. The van der Waals surface area contributed by atoms with E-state index in [4.69, 9.17) is 11.6 Å². The first-order valence-electron chi connectivity index (χ1n) is 6.15. The highest BCUT2D eigenvalue weighted by Crippen LogP contribution is 2.21. The molecular weight excluding hydrogens is 194 g/mol.